The highest BCUT2D eigenvalue weighted by atomic mass is 32.2. The summed E-state index contributed by atoms with van der Waals surface area (Å²) in [7, 11) is 0. The average Bonchev–Trinajstić information content (AvgIpc) is 4.52. The zero-order valence-corrected chi connectivity index (χ0v) is 42.9. The van der Waals surface area contributed by atoms with Crippen LogP contribution in [-0.4, -0.2) is 34.3 Å². The molecule has 2 aliphatic carbocycles. The van der Waals surface area contributed by atoms with Crippen molar-refractivity contribution in [2.45, 2.75) is 24.0 Å². The number of thioether (sulfide) groups is 1. The molecular weight excluding hydrogens is 977 g/mol. The smallest absolute Gasteiger partial charge is 0.143 e. The van der Waals surface area contributed by atoms with Gasteiger partial charge >= 0.3 is 0 Å². The normalized spacial score (nSPS) is 18.2. The number of fused-ring (bicyclic) bond motifs is 14. The molecule has 0 N–H and O–H groups in total. The van der Waals surface area contributed by atoms with E-state index in [0.717, 1.165) is 133 Å². The third-order valence-electron chi connectivity index (χ3n) is 16.9. The van der Waals surface area contributed by atoms with Crippen LogP contribution in [0, 0.1) is 5.92 Å². The summed E-state index contributed by atoms with van der Waals surface area (Å²) in [6, 6.07) is 52.4. The molecule has 14 aromatic rings. The Kier molecular flexibility index (Phi) is 9.21. The standard InChI is InChI=1S/C69H44N6O2S/c1-69(58-24-8-20-49-48-17-5-15-45(64(48)77-66(49)58)41-11-3-13-43(35-41)75-61-27-32-72-38-56(61)57-39-73-33-28-62(57)75)29-9-23-53-52-22-7-21-51(67(52)78-68(53)69)50-19-6-18-47-46-16-4-14-44(63(46)76-65(47)50)40-10-2-12-42(34-40)74-59-25-30-70-36-54(59)55-37-71-31-26-60(55)74/h2-28,30-39,52,67H,29H2,1H3. The van der Waals surface area contributed by atoms with Gasteiger partial charge < -0.3 is 18.0 Å². The van der Waals surface area contributed by atoms with Crippen molar-refractivity contribution in [1.29, 1.82) is 0 Å². The number of para-hydroxylation sites is 4. The Morgan fingerprint density at radius 2 is 0.962 bits per heavy atom. The van der Waals surface area contributed by atoms with Gasteiger partial charge in [0, 0.05) is 148 Å². The molecule has 0 radical (unpaired) electrons. The minimum atomic E-state index is -0.333. The van der Waals surface area contributed by atoms with Gasteiger partial charge in [0.05, 0.1) is 22.1 Å². The van der Waals surface area contributed by atoms with Crippen molar-refractivity contribution in [2.75, 3.05) is 0 Å². The summed E-state index contributed by atoms with van der Waals surface area (Å²) in [5.41, 5.74) is 19.1. The molecule has 0 fully saturated rings. The van der Waals surface area contributed by atoms with E-state index in [1.165, 1.54) is 21.6 Å². The van der Waals surface area contributed by atoms with Crippen LogP contribution in [0.3, 0.4) is 0 Å². The van der Waals surface area contributed by atoms with Crippen molar-refractivity contribution >= 4 is 105 Å². The molecule has 0 spiro atoms. The van der Waals surface area contributed by atoms with Crippen LogP contribution >= 0.6 is 11.8 Å². The number of furan rings is 2. The third-order valence-corrected chi connectivity index (χ3v) is 18.7. The number of hydrogen-bond donors (Lipinski definition) is 0. The average molecular weight is 1020 g/mol. The lowest BCUT2D eigenvalue weighted by Crippen LogP contribution is -2.25. The molecule has 368 valence electrons. The van der Waals surface area contributed by atoms with Gasteiger partial charge in [0.1, 0.15) is 22.3 Å². The fraction of sp³-hybridized carbons (Fsp3) is 0.0725. The number of aromatic nitrogens is 6. The topological polar surface area (TPSA) is 87.7 Å². The second kappa shape index (κ2) is 16.5. The monoisotopic (exact) mass is 1020 g/mol. The number of benzene rings is 6. The zero-order chi connectivity index (χ0) is 51.2. The number of nitrogens with zero attached hydrogens (tertiary/aromatic N) is 6. The highest BCUT2D eigenvalue weighted by Crippen LogP contribution is 2.60. The Morgan fingerprint density at radius 3 is 1.50 bits per heavy atom. The van der Waals surface area contributed by atoms with Crippen molar-refractivity contribution in [2.24, 2.45) is 5.92 Å². The van der Waals surface area contributed by atoms with E-state index in [1.54, 1.807) is 0 Å². The predicted molar refractivity (Wildman–Crippen MR) is 318 cm³/mol. The molecule has 3 unspecified atom stereocenters. The van der Waals surface area contributed by atoms with Crippen LogP contribution in [0.2, 0.25) is 0 Å². The first-order valence-corrected chi connectivity index (χ1v) is 27.4. The second-order valence-electron chi connectivity index (χ2n) is 21.1. The van der Waals surface area contributed by atoms with Crippen LogP contribution in [-0.2, 0) is 5.41 Å². The second-order valence-corrected chi connectivity index (χ2v) is 22.2. The fourth-order valence-corrected chi connectivity index (χ4v) is 15.2. The molecule has 8 nitrogen and oxygen atoms in total. The van der Waals surface area contributed by atoms with Gasteiger partial charge in [-0.2, -0.15) is 0 Å². The Balaban J connectivity index is 0.735. The van der Waals surface area contributed by atoms with Crippen molar-refractivity contribution in [1.82, 2.24) is 29.1 Å². The maximum absolute atomic E-state index is 7.27. The van der Waals surface area contributed by atoms with Crippen LogP contribution in [0.25, 0.3) is 127 Å². The van der Waals surface area contributed by atoms with E-state index in [2.05, 4.69) is 212 Å². The highest BCUT2D eigenvalue weighted by molar-refractivity contribution is 8.04. The molecule has 9 heteroatoms. The van der Waals surface area contributed by atoms with Crippen LogP contribution in [0.4, 0.5) is 0 Å². The van der Waals surface area contributed by atoms with Crippen LogP contribution in [0.5, 0.6) is 0 Å². The first-order valence-electron chi connectivity index (χ1n) is 26.5. The largest absolute Gasteiger partial charge is 0.455 e. The Morgan fingerprint density at radius 1 is 0.500 bits per heavy atom. The van der Waals surface area contributed by atoms with Crippen LogP contribution < -0.4 is 0 Å². The molecule has 17 rings (SSSR count). The predicted octanol–water partition coefficient (Wildman–Crippen LogP) is 17.5. The molecule has 0 saturated carbocycles. The van der Waals surface area contributed by atoms with Crippen molar-refractivity contribution in [3.05, 3.63) is 247 Å². The number of allylic oxidation sites excluding steroid dienone is 7. The van der Waals surface area contributed by atoms with E-state index < -0.39 is 0 Å². The Hall–Kier alpha value is -9.57. The van der Waals surface area contributed by atoms with E-state index in [-0.39, 0.29) is 16.6 Å². The molecule has 0 amide bonds. The van der Waals surface area contributed by atoms with Gasteiger partial charge in [0.25, 0.3) is 0 Å². The maximum atomic E-state index is 7.27. The first-order chi connectivity index (χ1) is 38.6. The van der Waals surface area contributed by atoms with E-state index in [0.29, 0.717) is 0 Å². The van der Waals surface area contributed by atoms with Gasteiger partial charge in [-0.05, 0) is 77.2 Å². The molecule has 3 aliphatic rings. The van der Waals surface area contributed by atoms with E-state index in [4.69, 9.17) is 8.83 Å². The summed E-state index contributed by atoms with van der Waals surface area (Å²) >= 11 is 2.02. The fourth-order valence-electron chi connectivity index (χ4n) is 13.4. The van der Waals surface area contributed by atoms with E-state index >= 15 is 0 Å². The lowest BCUT2D eigenvalue weighted by molar-refractivity contribution is 0.566. The van der Waals surface area contributed by atoms with Gasteiger partial charge in [-0.3, -0.25) is 19.9 Å². The van der Waals surface area contributed by atoms with Crippen molar-refractivity contribution in [3.8, 4) is 33.6 Å². The quantitative estimate of drug-likeness (QED) is 0.164. The van der Waals surface area contributed by atoms with E-state index in [1.807, 2.05) is 61.3 Å². The molecule has 78 heavy (non-hydrogen) atoms. The summed E-state index contributed by atoms with van der Waals surface area (Å²) in [5, 5.41) is 8.93. The summed E-state index contributed by atoms with van der Waals surface area (Å²) in [4.78, 5) is 19.2. The van der Waals surface area contributed by atoms with Gasteiger partial charge in [0.15, 0.2) is 0 Å². The number of hydrogen-bond acceptors (Lipinski definition) is 7. The molecule has 0 bridgehead atoms. The molecule has 6 aromatic carbocycles. The minimum Gasteiger partial charge on any atom is -0.455 e. The van der Waals surface area contributed by atoms with Crippen LogP contribution in [0.15, 0.2) is 245 Å². The van der Waals surface area contributed by atoms with Crippen molar-refractivity contribution < 1.29 is 8.83 Å². The Labute approximate surface area is 451 Å². The van der Waals surface area contributed by atoms with Gasteiger partial charge in [0.2, 0.25) is 0 Å². The molecule has 9 heterocycles. The maximum Gasteiger partial charge on any atom is 0.143 e. The molecular formula is C69H44N6O2S. The van der Waals surface area contributed by atoms with Gasteiger partial charge in [-0.15, -0.1) is 11.8 Å². The first kappa shape index (κ1) is 43.6. The lowest BCUT2D eigenvalue weighted by atomic mass is 9.72. The third kappa shape index (κ3) is 6.13. The number of rotatable bonds is 6. The van der Waals surface area contributed by atoms with Gasteiger partial charge in [-0.1, -0.05) is 134 Å². The summed E-state index contributed by atoms with van der Waals surface area (Å²) in [6.45, 7) is 2.43. The summed E-state index contributed by atoms with van der Waals surface area (Å²) in [6.07, 6.45) is 27.8. The lowest BCUT2D eigenvalue weighted by Gasteiger charge is -2.33. The minimum absolute atomic E-state index is 0.157. The van der Waals surface area contributed by atoms with Crippen LogP contribution in [0.1, 0.15) is 24.5 Å². The highest BCUT2D eigenvalue weighted by Gasteiger charge is 2.47. The SMILES string of the molecule is CC1(c2cccc3c2oc2c(-c4cccc(-n5c6ccncc6c6cnccc65)c4)cccc23)CC=CC2=C1SC1C(c3cccc4c3oc3c(-c5cccc(-n6c7ccncc7c7cnccc76)c5)cccc34)=CC=CC21. The zero-order valence-electron chi connectivity index (χ0n) is 42.1. The molecule has 1 aliphatic heterocycles. The molecule has 3 atom stereocenters. The van der Waals surface area contributed by atoms with E-state index in [9.17, 15) is 0 Å². The van der Waals surface area contributed by atoms with Gasteiger partial charge in [-0.25, -0.2) is 0 Å². The molecule has 0 saturated heterocycles. The number of pyridine rings is 4. The summed E-state index contributed by atoms with van der Waals surface area (Å²) < 4.78 is 19.1. The summed E-state index contributed by atoms with van der Waals surface area (Å²) in [5.74, 6) is 0.196. The molecule has 8 aromatic heterocycles. The van der Waals surface area contributed by atoms with Crippen molar-refractivity contribution in [3.63, 3.8) is 0 Å². The Bertz CT molecular complexity index is 4940.